The standard InChI is InChI=1S/C14H20O/c1-4-13(14(15,5-2)6-3)12-10-8-7-9-11-12/h4,7-11,13,15H,1,5-6H2,2-3H3. The molecule has 0 fully saturated rings. The summed E-state index contributed by atoms with van der Waals surface area (Å²) in [5.41, 5.74) is 0.474. The lowest BCUT2D eigenvalue weighted by molar-refractivity contribution is 0.0180. The molecule has 1 rings (SSSR count). The van der Waals surface area contributed by atoms with Crippen LogP contribution >= 0.6 is 0 Å². The normalized spacial score (nSPS) is 13.5. The smallest absolute Gasteiger partial charge is 0.0745 e. The first-order chi connectivity index (χ1) is 7.18. The van der Waals surface area contributed by atoms with E-state index in [2.05, 4.69) is 6.58 Å². The Balaban J connectivity index is 3.03. The first kappa shape index (κ1) is 12.0. The molecule has 0 aliphatic heterocycles. The van der Waals surface area contributed by atoms with Crippen LogP contribution in [0.1, 0.15) is 38.2 Å². The molecule has 0 bridgehead atoms. The van der Waals surface area contributed by atoms with Crippen molar-refractivity contribution in [2.75, 3.05) is 0 Å². The van der Waals surface area contributed by atoms with Crippen LogP contribution in [0.25, 0.3) is 0 Å². The second-order valence-corrected chi connectivity index (χ2v) is 3.93. The quantitative estimate of drug-likeness (QED) is 0.728. The zero-order valence-electron chi connectivity index (χ0n) is 9.61. The maximum Gasteiger partial charge on any atom is 0.0745 e. The van der Waals surface area contributed by atoms with E-state index in [0.717, 1.165) is 18.4 Å². The molecule has 1 aromatic rings. The van der Waals surface area contributed by atoms with E-state index in [4.69, 9.17) is 0 Å². The highest BCUT2D eigenvalue weighted by atomic mass is 16.3. The fourth-order valence-electron chi connectivity index (χ4n) is 2.02. The molecule has 1 unspecified atom stereocenters. The van der Waals surface area contributed by atoms with E-state index < -0.39 is 5.60 Å². The summed E-state index contributed by atoms with van der Waals surface area (Å²) in [6.07, 6.45) is 3.34. The highest BCUT2D eigenvalue weighted by Gasteiger charge is 2.31. The molecule has 1 heteroatoms. The van der Waals surface area contributed by atoms with E-state index in [0.29, 0.717) is 0 Å². The summed E-state index contributed by atoms with van der Waals surface area (Å²) in [6, 6.07) is 10.1. The third kappa shape index (κ3) is 2.48. The molecule has 1 atom stereocenters. The summed E-state index contributed by atoms with van der Waals surface area (Å²) in [5, 5.41) is 10.5. The number of rotatable bonds is 5. The molecule has 1 N–H and O–H groups in total. The minimum absolute atomic E-state index is 0.0219. The molecule has 15 heavy (non-hydrogen) atoms. The van der Waals surface area contributed by atoms with Gasteiger partial charge in [0.25, 0.3) is 0 Å². The lowest BCUT2D eigenvalue weighted by Gasteiger charge is -2.33. The van der Waals surface area contributed by atoms with E-state index >= 15 is 0 Å². The Morgan fingerprint density at radius 3 is 2.20 bits per heavy atom. The van der Waals surface area contributed by atoms with Crippen molar-refractivity contribution in [2.24, 2.45) is 0 Å². The first-order valence-corrected chi connectivity index (χ1v) is 5.57. The number of hydrogen-bond acceptors (Lipinski definition) is 1. The van der Waals surface area contributed by atoms with Crippen LogP contribution in [0, 0.1) is 0 Å². The number of hydrogen-bond donors (Lipinski definition) is 1. The van der Waals surface area contributed by atoms with Crippen LogP contribution in [0.15, 0.2) is 43.0 Å². The van der Waals surface area contributed by atoms with Gasteiger partial charge < -0.3 is 5.11 Å². The van der Waals surface area contributed by atoms with Gasteiger partial charge in [-0.1, -0.05) is 50.3 Å². The molecular weight excluding hydrogens is 184 g/mol. The Labute approximate surface area is 92.5 Å². The van der Waals surface area contributed by atoms with E-state index in [1.807, 2.05) is 50.3 Å². The van der Waals surface area contributed by atoms with Gasteiger partial charge in [-0.2, -0.15) is 0 Å². The fourth-order valence-corrected chi connectivity index (χ4v) is 2.02. The molecule has 0 radical (unpaired) electrons. The molecule has 1 aromatic carbocycles. The molecule has 0 aromatic heterocycles. The van der Waals surface area contributed by atoms with E-state index in [-0.39, 0.29) is 5.92 Å². The molecule has 0 aliphatic rings. The lowest BCUT2D eigenvalue weighted by atomic mass is 9.78. The van der Waals surface area contributed by atoms with E-state index in [1.165, 1.54) is 0 Å². The lowest BCUT2D eigenvalue weighted by Crippen LogP contribution is -2.33. The van der Waals surface area contributed by atoms with Crippen molar-refractivity contribution >= 4 is 0 Å². The van der Waals surface area contributed by atoms with Crippen LogP contribution < -0.4 is 0 Å². The first-order valence-electron chi connectivity index (χ1n) is 5.57. The van der Waals surface area contributed by atoms with E-state index in [1.54, 1.807) is 0 Å². The largest absolute Gasteiger partial charge is 0.389 e. The van der Waals surface area contributed by atoms with Crippen molar-refractivity contribution in [1.82, 2.24) is 0 Å². The minimum atomic E-state index is -0.664. The van der Waals surface area contributed by atoms with Crippen LogP contribution in [0.3, 0.4) is 0 Å². The SMILES string of the molecule is C=CC(c1ccccc1)C(O)(CC)CC. The second kappa shape index (κ2) is 5.13. The predicted octanol–water partition coefficient (Wildman–Crippen LogP) is 3.51. The molecule has 0 amide bonds. The summed E-state index contributed by atoms with van der Waals surface area (Å²) in [4.78, 5) is 0. The summed E-state index contributed by atoms with van der Waals surface area (Å²) in [7, 11) is 0. The van der Waals surface area contributed by atoms with Gasteiger partial charge in [0.1, 0.15) is 0 Å². The van der Waals surface area contributed by atoms with Crippen molar-refractivity contribution in [3.63, 3.8) is 0 Å². The summed E-state index contributed by atoms with van der Waals surface area (Å²) >= 11 is 0. The van der Waals surface area contributed by atoms with Crippen LogP contribution in [0.5, 0.6) is 0 Å². The predicted molar refractivity (Wildman–Crippen MR) is 64.9 cm³/mol. The average Bonchev–Trinajstić information content (AvgIpc) is 2.31. The van der Waals surface area contributed by atoms with Gasteiger partial charge in [-0.3, -0.25) is 0 Å². The van der Waals surface area contributed by atoms with Gasteiger partial charge in [0.15, 0.2) is 0 Å². The van der Waals surface area contributed by atoms with Gasteiger partial charge >= 0.3 is 0 Å². The summed E-state index contributed by atoms with van der Waals surface area (Å²) in [5.74, 6) is 0.0219. The molecule has 0 heterocycles. The number of benzene rings is 1. The van der Waals surface area contributed by atoms with Gasteiger partial charge in [0.05, 0.1) is 5.60 Å². The zero-order valence-corrected chi connectivity index (χ0v) is 9.61. The minimum Gasteiger partial charge on any atom is -0.389 e. The van der Waals surface area contributed by atoms with Crippen molar-refractivity contribution in [1.29, 1.82) is 0 Å². The van der Waals surface area contributed by atoms with Crippen molar-refractivity contribution in [3.05, 3.63) is 48.6 Å². The van der Waals surface area contributed by atoms with Crippen LogP contribution in [0.4, 0.5) is 0 Å². The maximum absolute atomic E-state index is 10.5. The topological polar surface area (TPSA) is 20.2 Å². The number of aliphatic hydroxyl groups is 1. The monoisotopic (exact) mass is 204 g/mol. The Kier molecular flexibility index (Phi) is 4.10. The molecule has 82 valence electrons. The Hall–Kier alpha value is -1.08. The molecule has 0 spiro atoms. The molecule has 1 nitrogen and oxygen atoms in total. The van der Waals surface area contributed by atoms with Gasteiger partial charge in [0.2, 0.25) is 0 Å². The van der Waals surface area contributed by atoms with Crippen LogP contribution in [0.2, 0.25) is 0 Å². The van der Waals surface area contributed by atoms with E-state index in [9.17, 15) is 5.11 Å². The highest BCUT2D eigenvalue weighted by molar-refractivity contribution is 5.26. The van der Waals surface area contributed by atoms with Gasteiger partial charge in [-0.05, 0) is 18.4 Å². The molecular formula is C14H20O. The Morgan fingerprint density at radius 1 is 1.27 bits per heavy atom. The second-order valence-electron chi connectivity index (χ2n) is 3.93. The molecule has 0 saturated carbocycles. The van der Waals surface area contributed by atoms with Gasteiger partial charge in [-0.15, -0.1) is 6.58 Å². The van der Waals surface area contributed by atoms with Gasteiger partial charge in [0, 0.05) is 5.92 Å². The molecule has 0 saturated heterocycles. The summed E-state index contributed by atoms with van der Waals surface area (Å²) in [6.45, 7) is 7.87. The summed E-state index contributed by atoms with van der Waals surface area (Å²) < 4.78 is 0. The fraction of sp³-hybridized carbons (Fsp3) is 0.429. The van der Waals surface area contributed by atoms with Crippen molar-refractivity contribution < 1.29 is 5.11 Å². The average molecular weight is 204 g/mol. The zero-order chi connectivity index (χ0) is 11.3. The molecule has 0 aliphatic carbocycles. The third-order valence-electron chi connectivity index (χ3n) is 3.20. The van der Waals surface area contributed by atoms with Crippen LogP contribution in [-0.4, -0.2) is 10.7 Å². The highest BCUT2D eigenvalue weighted by Crippen LogP contribution is 2.34. The van der Waals surface area contributed by atoms with Crippen molar-refractivity contribution in [3.8, 4) is 0 Å². The van der Waals surface area contributed by atoms with Crippen LogP contribution in [-0.2, 0) is 0 Å². The van der Waals surface area contributed by atoms with Gasteiger partial charge in [-0.25, -0.2) is 0 Å². The van der Waals surface area contributed by atoms with Crippen molar-refractivity contribution in [2.45, 2.75) is 38.2 Å². The Morgan fingerprint density at radius 2 is 1.80 bits per heavy atom. The maximum atomic E-state index is 10.5. The Bertz CT molecular complexity index is 298. The third-order valence-corrected chi connectivity index (χ3v) is 3.20.